The number of hydrogen-bond donors (Lipinski definition) is 1. The molecule has 5 nitrogen and oxygen atoms in total. The first kappa shape index (κ1) is 15.4. The van der Waals surface area contributed by atoms with Crippen LogP contribution in [0.1, 0.15) is 28.2 Å². The summed E-state index contributed by atoms with van der Waals surface area (Å²) in [4.78, 5) is 28.8. The SMILES string of the molecule is Cc1nc2scc(C(=O)O)c2c(=O)n1CCCc1ccccc1. The van der Waals surface area contributed by atoms with Gasteiger partial charge >= 0.3 is 5.97 Å². The number of aromatic nitrogens is 2. The summed E-state index contributed by atoms with van der Waals surface area (Å²) in [6, 6.07) is 10.1. The Bertz CT molecular complexity index is 913. The highest BCUT2D eigenvalue weighted by Crippen LogP contribution is 2.21. The quantitative estimate of drug-likeness (QED) is 0.781. The molecule has 0 spiro atoms. The molecule has 0 radical (unpaired) electrons. The Morgan fingerprint density at radius 1 is 1.30 bits per heavy atom. The van der Waals surface area contributed by atoms with Gasteiger partial charge in [0.1, 0.15) is 10.7 Å². The number of aromatic carboxylic acids is 1. The Kier molecular flexibility index (Phi) is 4.25. The summed E-state index contributed by atoms with van der Waals surface area (Å²) in [5.74, 6) is -0.468. The van der Waals surface area contributed by atoms with Crippen molar-refractivity contribution in [2.24, 2.45) is 0 Å². The molecular weight excluding hydrogens is 312 g/mol. The highest BCUT2D eigenvalue weighted by molar-refractivity contribution is 7.17. The first-order valence-electron chi connectivity index (χ1n) is 7.34. The van der Waals surface area contributed by atoms with Crippen molar-refractivity contribution in [3.8, 4) is 0 Å². The number of nitrogens with zero attached hydrogens (tertiary/aromatic N) is 2. The van der Waals surface area contributed by atoms with E-state index in [2.05, 4.69) is 17.1 Å². The summed E-state index contributed by atoms with van der Waals surface area (Å²) < 4.78 is 1.57. The Balaban J connectivity index is 1.90. The van der Waals surface area contributed by atoms with E-state index in [-0.39, 0.29) is 16.5 Å². The van der Waals surface area contributed by atoms with Gasteiger partial charge in [-0.25, -0.2) is 9.78 Å². The van der Waals surface area contributed by atoms with Gasteiger partial charge in [0.2, 0.25) is 0 Å². The largest absolute Gasteiger partial charge is 0.478 e. The van der Waals surface area contributed by atoms with Gasteiger partial charge in [-0.3, -0.25) is 9.36 Å². The highest BCUT2D eigenvalue weighted by Gasteiger charge is 2.18. The predicted octanol–water partition coefficient (Wildman–Crippen LogP) is 3.10. The maximum absolute atomic E-state index is 12.6. The smallest absolute Gasteiger partial charge is 0.337 e. The van der Waals surface area contributed by atoms with Crippen molar-refractivity contribution in [3.05, 3.63) is 63.0 Å². The van der Waals surface area contributed by atoms with Crippen LogP contribution in [0, 0.1) is 6.92 Å². The second-order valence-electron chi connectivity index (χ2n) is 5.34. The van der Waals surface area contributed by atoms with E-state index in [0.29, 0.717) is 17.2 Å². The third-order valence-electron chi connectivity index (χ3n) is 3.81. The van der Waals surface area contributed by atoms with Crippen LogP contribution in [0.25, 0.3) is 10.2 Å². The molecule has 0 saturated heterocycles. The molecule has 0 amide bonds. The number of carboxylic acid groups (broad SMARTS) is 1. The van der Waals surface area contributed by atoms with E-state index in [4.69, 9.17) is 0 Å². The van der Waals surface area contributed by atoms with Gasteiger partial charge in [-0.1, -0.05) is 30.3 Å². The van der Waals surface area contributed by atoms with Gasteiger partial charge in [0.25, 0.3) is 5.56 Å². The standard InChI is InChI=1S/C17H16N2O3S/c1-11-18-15-14(13(10-23-15)17(21)22)16(20)19(11)9-5-8-12-6-3-2-4-7-12/h2-4,6-7,10H,5,8-9H2,1H3,(H,21,22). The van der Waals surface area contributed by atoms with Crippen LogP contribution >= 0.6 is 11.3 Å². The zero-order valence-electron chi connectivity index (χ0n) is 12.7. The van der Waals surface area contributed by atoms with Gasteiger partial charge in [0.15, 0.2) is 0 Å². The van der Waals surface area contributed by atoms with Crippen molar-refractivity contribution in [2.75, 3.05) is 0 Å². The van der Waals surface area contributed by atoms with Crippen LogP contribution in [-0.4, -0.2) is 20.6 Å². The highest BCUT2D eigenvalue weighted by atomic mass is 32.1. The van der Waals surface area contributed by atoms with Gasteiger partial charge in [0, 0.05) is 11.9 Å². The second-order valence-corrected chi connectivity index (χ2v) is 6.20. The van der Waals surface area contributed by atoms with Crippen LogP contribution in [-0.2, 0) is 13.0 Å². The van der Waals surface area contributed by atoms with E-state index in [1.54, 1.807) is 11.5 Å². The van der Waals surface area contributed by atoms with Crippen LogP contribution < -0.4 is 5.56 Å². The Morgan fingerprint density at radius 2 is 2.04 bits per heavy atom. The fraction of sp³-hybridized carbons (Fsp3) is 0.235. The molecule has 1 aromatic carbocycles. The normalized spacial score (nSPS) is 11.0. The third-order valence-corrected chi connectivity index (χ3v) is 4.68. The van der Waals surface area contributed by atoms with Crippen molar-refractivity contribution in [3.63, 3.8) is 0 Å². The molecule has 0 saturated carbocycles. The molecule has 3 rings (SSSR count). The summed E-state index contributed by atoms with van der Waals surface area (Å²) in [7, 11) is 0. The molecule has 0 aliphatic carbocycles. The van der Waals surface area contributed by atoms with Crippen LogP contribution in [0.5, 0.6) is 0 Å². The molecular formula is C17H16N2O3S. The minimum atomic E-state index is -1.09. The molecule has 23 heavy (non-hydrogen) atoms. The van der Waals surface area contributed by atoms with E-state index in [1.165, 1.54) is 22.3 Å². The number of rotatable bonds is 5. The van der Waals surface area contributed by atoms with Crippen molar-refractivity contribution >= 4 is 27.5 Å². The third kappa shape index (κ3) is 3.03. The van der Waals surface area contributed by atoms with Gasteiger partial charge in [-0.05, 0) is 25.3 Å². The summed E-state index contributed by atoms with van der Waals surface area (Å²) in [6.45, 7) is 2.31. The van der Waals surface area contributed by atoms with E-state index in [9.17, 15) is 14.7 Å². The van der Waals surface area contributed by atoms with Crippen LogP contribution in [0.2, 0.25) is 0 Å². The summed E-state index contributed by atoms with van der Waals surface area (Å²) in [5.41, 5.74) is 0.993. The maximum Gasteiger partial charge on any atom is 0.337 e. The summed E-state index contributed by atoms with van der Waals surface area (Å²) in [6.07, 6.45) is 1.66. The van der Waals surface area contributed by atoms with Gasteiger partial charge in [-0.15, -0.1) is 11.3 Å². The van der Waals surface area contributed by atoms with Gasteiger partial charge < -0.3 is 5.11 Å². The second kappa shape index (κ2) is 6.34. The molecule has 1 N–H and O–H groups in total. The molecule has 0 aliphatic rings. The Morgan fingerprint density at radius 3 is 2.74 bits per heavy atom. The molecule has 0 aliphatic heterocycles. The zero-order chi connectivity index (χ0) is 16.4. The number of hydrogen-bond acceptors (Lipinski definition) is 4. The number of carboxylic acids is 1. The first-order valence-corrected chi connectivity index (χ1v) is 8.21. The monoisotopic (exact) mass is 328 g/mol. The molecule has 6 heteroatoms. The van der Waals surface area contributed by atoms with E-state index in [0.717, 1.165) is 12.8 Å². The number of thiophene rings is 1. The lowest BCUT2D eigenvalue weighted by Crippen LogP contribution is -2.24. The van der Waals surface area contributed by atoms with Crippen molar-refractivity contribution in [1.82, 2.24) is 9.55 Å². The molecule has 2 aromatic heterocycles. The molecule has 0 unspecified atom stereocenters. The topological polar surface area (TPSA) is 72.2 Å². The fourth-order valence-corrected chi connectivity index (χ4v) is 3.58. The van der Waals surface area contributed by atoms with Crippen molar-refractivity contribution in [1.29, 1.82) is 0 Å². The lowest BCUT2D eigenvalue weighted by atomic mass is 10.1. The zero-order valence-corrected chi connectivity index (χ0v) is 13.5. The Hall–Kier alpha value is -2.47. The number of carbonyl (C=O) groups is 1. The molecule has 2 heterocycles. The number of aryl methyl sites for hydroxylation is 2. The van der Waals surface area contributed by atoms with E-state index >= 15 is 0 Å². The Labute approximate surface area is 136 Å². The predicted molar refractivity (Wildman–Crippen MR) is 90.3 cm³/mol. The number of fused-ring (bicyclic) bond motifs is 1. The average Bonchev–Trinajstić information content (AvgIpc) is 2.95. The first-order chi connectivity index (χ1) is 11.1. The van der Waals surface area contributed by atoms with Crippen LogP contribution in [0.3, 0.4) is 0 Å². The lowest BCUT2D eigenvalue weighted by Gasteiger charge is -2.09. The molecule has 118 valence electrons. The number of benzene rings is 1. The summed E-state index contributed by atoms with van der Waals surface area (Å²) in [5, 5.41) is 10.9. The molecule has 3 aromatic rings. The van der Waals surface area contributed by atoms with Crippen molar-refractivity contribution < 1.29 is 9.90 Å². The van der Waals surface area contributed by atoms with Gasteiger partial charge in [-0.2, -0.15) is 0 Å². The molecule has 0 bridgehead atoms. The van der Waals surface area contributed by atoms with Crippen molar-refractivity contribution in [2.45, 2.75) is 26.3 Å². The lowest BCUT2D eigenvalue weighted by molar-refractivity contribution is 0.0699. The minimum Gasteiger partial charge on any atom is -0.478 e. The fourth-order valence-electron chi connectivity index (χ4n) is 2.63. The minimum absolute atomic E-state index is 0.0410. The van der Waals surface area contributed by atoms with E-state index < -0.39 is 5.97 Å². The summed E-state index contributed by atoms with van der Waals surface area (Å²) >= 11 is 1.19. The van der Waals surface area contributed by atoms with E-state index in [1.807, 2.05) is 18.2 Å². The van der Waals surface area contributed by atoms with Gasteiger partial charge in [0.05, 0.1) is 10.9 Å². The van der Waals surface area contributed by atoms with Crippen LogP contribution in [0.15, 0.2) is 40.5 Å². The molecule has 0 atom stereocenters. The maximum atomic E-state index is 12.6. The van der Waals surface area contributed by atoms with Crippen LogP contribution in [0.4, 0.5) is 0 Å². The molecule has 0 fully saturated rings. The average molecular weight is 328 g/mol.